The summed E-state index contributed by atoms with van der Waals surface area (Å²) in [6.07, 6.45) is 0. The van der Waals surface area contributed by atoms with Crippen LogP contribution in [0.2, 0.25) is 0 Å². The minimum Gasteiger partial charge on any atom is -0.240 e. The summed E-state index contributed by atoms with van der Waals surface area (Å²) >= 11 is -0.639. The van der Waals surface area contributed by atoms with E-state index in [9.17, 15) is 0 Å². The Kier molecular flexibility index (Phi) is 78.9. The van der Waals surface area contributed by atoms with Crippen molar-refractivity contribution in [2.45, 2.75) is 6.92 Å². The molecule has 0 bridgehead atoms. The maximum Gasteiger partial charge on any atom is 0.499 e. The highest BCUT2D eigenvalue weighted by Gasteiger charge is 1.59. The molecule has 37 valence electrons. The van der Waals surface area contributed by atoms with Gasteiger partial charge in [0, 0.05) is 0 Å². The summed E-state index contributed by atoms with van der Waals surface area (Å²) in [7, 11) is 9.81. The topological polar surface area (TPSA) is 0 Å². The van der Waals surface area contributed by atoms with Crippen molar-refractivity contribution in [1.82, 2.24) is 0 Å². The number of hydrogen-bond acceptors (Lipinski definition) is 0. The smallest absolute Gasteiger partial charge is 0.240 e. The van der Waals surface area contributed by atoms with Gasteiger partial charge >= 0.3 is 13.4 Å². The quantitative estimate of drug-likeness (QED) is 0.447. The molecule has 1 radical (unpaired) electrons. The van der Waals surface area contributed by atoms with Gasteiger partial charge in [0.05, 0.1) is 0 Å². The number of halogens is 2. The van der Waals surface area contributed by atoms with Gasteiger partial charge in [0.25, 0.3) is 0 Å². The molecule has 0 aromatic rings. The molecule has 4 heteroatoms. The van der Waals surface area contributed by atoms with Crippen LogP contribution in [0.3, 0.4) is 0 Å². The summed E-state index contributed by atoms with van der Waals surface area (Å²) in [5.74, 6) is 0. The molecular formula is C2H9Al2Cl2. The Morgan fingerprint density at radius 3 is 1.33 bits per heavy atom. The van der Waals surface area contributed by atoms with Crippen molar-refractivity contribution >= 4 is 50.8 Å². The molecule has 0 atom stereocenters. The maximum absolute atomic E-state index is 4.90. The molecular weight excluding hydrogens is 149 g/mol. The molecule has 6 heavy (non-hydrogen) atoms. The first-order valence-electron chi connectivity index (χ1n) is 1.24. The van der Waals surface area contributed by atoms with Crippen LogP contribution >= 0.6 is 20.1 Å². The standard InChI is InChI=1S/C2H5.2Al.2ClH.4H/c1-2;;;;;;;;/h1H2,2H3;;;2*1H;;;;/q;;+2;;;;;;/p-2. The van der Waals surface area contributed by atoms with Crippen molar-refractivity contribution in [1.29, 1.82) is 0 Å². The van der Waals surface area contributed by atoms with Gasteiger partial charge in [-0.15, -0.1) is 0 Å². The third kappa shape index (κ3) is 45.0. The van der Waals surface area contributed by atoms with E-state index in [4.69, 9.17) is 20.1 Å². The predicted octanol–water partition coefficient (Wildman–Crippen LogP) is 0.387. The second-order valence-electron chi connectivity index (χ2n) is 0.101. The lowest BCUT2D eigenvalue weighted by molar-refractivity contribution is 1.81. The molecule has 0 heterocycles. The molecule has 0 aromatic heterocycles. The van der Waals surface area contributed by atoms with E-state index >= 15 is 0 Å². The fraction of sp³-hybridized carbons (Fsp3) is 0.500. The Hall–Kier alpha value is 1.64. The van der Waals surface area contributed by atoms with Crippen LogP contribution in [0.4, 0.5) is 0 Å². The van der Waals surface area contributed by atoms with Gasteiger partial charge in [0.1, 0.15) is 0 Å². The third-order valence-corrected chi connectivity index (χ3v) is 0. The highest BCUT2D eigenvalue weighted by molar-refractivity contribution is 7.22. The third-order valence-electron chi connectivity index (χ3n) is 0. The molecule has 0 rings (SSSR count). The lowest BCUT2D eigenvalue weighted by Gasteiger charge is -1.33. The van der Waals surface area contributed by atoms with E-state index in [2.05, 4.69) is 6.92 Å². The van der Waals surface area contributed by atoms with Gasteiger partial charge in [-0.1, -0.05) is 13.8 Å². The molecule has 0 unspecified atom stereocenters. The van der Waals surface area contributed by atoms with Gasteiger partial charge in [-0.3, -0.25) is 0 Å². The lowest BCUT2D eigenvalue weighted by Crippen LogP contribution is -1.36. The minimum absolute atomic E-state index is 0. The Balaban J connectivity index is -0.0000000275. The van der Waals surface area contributed by atoms with E-state index in [1.807, 2.05) is 0 Å². The molecule has 0 N–H and O–H groups in total. The van der Waals surface area contributed by atoms with Crippen molar-refractivity contribution in [3.63, 3.8) is 0 Å². The van der Waals surface area contributed by atoms with Crippen LogP contribution in [0.1, 0.15) is 6.92 Å². The molecule has 0 saturated heterocycles. The van der Waals surface area contributed by atoms with Crippen LogP contribution in [0.25, 0.3) is 0 Å². The second-order valence-corrected chi connectivity index (χ2v) is 2.73. The van der Waals surface area contributed by atoms with Gasteiger partial charge in [-0.2, -0.15) is 0 Å². The SMILES string of the molecule is [AlH3].[CH2]C.[Cl][AlH][Cl]. The average molecular weight is 158 g/mol. The van der Waals surface area contributed by atoms with Crippen molar-refractivity contribution in [2.75, 3.05) is 0 Å². The molecule has 0 aliphatic rings. The molecule has 0 nitrogen and oxygen atoms in total. The Labute approximate surface area is 64.5 Å². The molecule has 0 aliphatic carbocycles. The van der Waals surface area contributed by atoms with Gasteiger partial charge in [-0.25, -0.2) is 20.1 Å². The van der Waals surface area contributed by atoms with Crippen LogP contribution in [0.15, 0.2) is 0 Å². The molecule has 0 aromatic carbocycles. The summed E-state index contributed by atoms with van der Waals surface area (Å²) in [5.41, 5.74) is 0. The molecule has 0 aliphatic heterocycles. The first-order valence-corrected chi connectivity index (χ1v) is 5.52. The summed E-state index contributed by atoms with van der Waals surface area (Å²) < 4.78 is 0. The highest BCUT2D eigenvalue weighted by Crippen LogP contribution is 1.67. The van der Waals surface area contributed by atoms with E-state index in [-0.39, 0.29) is 17.4 Å². The Morgan fingerprint density at radius 2 is 1.33 bits per heavy atom. The van der Waals surface area contributed by atoms with Gasteiger partial charge in [-0.05, 0) is 0 Å². The molecule has 0 amide bonds. The monoisotopic (exact) mass is 157 g/mol. The largest absolute Gasteiger partial charge is 0.499 e. The number of hydrogen-bond donors (Lipinski definition) is 0. The van der Waals surface area contributed by atoms with E-state index in [1.165, 1.54) is 0 Å². The molecule has 0 fully saturated rings. The van der Waals surface area contributed by atoms with Gasteiger partial charge < -0.3 is 0 Å². The van der Waals surface area contributed by atoms with Gasteiger partial charge in [0.2, 0.25) is 0 Å². The van der Waals surface area contributed by atoms with Crippen molar-refractivity contribution < 1.29 is 0 Å². The van der Waals surface area contributed by atoms with E-state index in [0.717, 1.165) is 0 Å². The summed E-state index contributed by atoms with van der Waals surface area (Å²) in [6, 6.07) is 0. The van der Waals surface area contributed by atoms with Crippen molar-refractivity contribution in [3.8, 4) is 0 Å². The number of rotatable bonds is 0. The van der Waals surface area contributed by atoms with E-state index in [0.29, 0.717) is 0 Å². The first-order chi connectivity index (χ1) is 2.41. The maximum atomic E-state index is 4.90. The average Bonchev–Trinajstić information content (AvgIpc) is 1.46. The predicted molar refractivity (Wildman–Crippen MR) is 39.8 cm³/mol. The first kappa shape index (κ1) is 15.6. The highest BCUT2D eigenvalue weighted by atomic mass is 35.7. The van der Waals surface area contributed by atoms with Crippen LogP contribution in [0.5, 0.6) is 0 Å². The summed E-state index contributed by atoms with van der Waals surface area (Å²) in [5, 5.41) is 0. The normalized spacial score (nSPS) is 3.33. The lowest BCUT2D eigenvalue weighted by atomic mass is 11.0. The van der Waals surface area contributed by atoms with Crippen LogP contribution in [-0.2, 0) is 0 Å². The zero-order chi connectivity index (χ0) is 4.71. The summed E-state index contributed by atoms with van der Waals surface area (Å²) in [6.45, 7) is 5.00. The Bertz CT molecular complexity index is 9.51. The zero-order valence-corrected chi connectivity index (χ0v) is 6.10. The van der Waals surface area contributed by atoms with Crippen molar-refractivity contribution in [2.24, 2.45) is 0 Å². The molecule has 0 spiro atoms. The van der Waals surface area contributed by atoms with E-state index in [1.54, 1.807) is 6.92 Å². The summed E-state index contributed by atoms with van der Waals surface area (Å²) in [4.78, 5) is 0. The van der Waals surface area contributed by atoms with Crippen LogP contribution < -0.4 is 0 Å². The second kappa shape index (κ2) is 30.3. The van der Waals surface area contributed by atoms with Crippen LogP contribution in [-0.4, -0.2) is 30.7 Å². The zero-order valence-electron chi connectivity index (χ0n) is 3.17. The van der Waals surface area contributed by atoms with E-state index < -0.39 is 13.4 Å². The molecule has 0 saturated carbocycles. The fourth-order valence-electron chi connectivity index (χ4n) is 0. The van der Waals surface area contributed by atoms with Gasteiger partial charge in [0.15, 0.2) is 17.4 Å². The minimum atomic E-state index is -0.639. The van der Waals surface area contributed by atoms with Crippen molar-refractivity contribution in [3.05, 3.63) is 6.92 Å². The van der Waals surface area contributed by atoms with Crippen LogP contribution in [0, 0.1) is 6.92 Å². The Morgan fingerprint density at radius 1 is 1.33 bits per heavy atom. The fourth-order valence-corrected chi connectivity index (χ4v) is 0.